The van der Waals surface area contributed by atoms with Crippen molar-refractivity contribution in [2.45, 2.75) is 6.54 Å². The van der Waals surface area contributed by atoms with Gasteiger partial charge in [0, 0.05) is 11.3 Å². The van der Waals surface area contributed by atoms with Crippen LogP contribution in [0.3, 0.4) is 0 Å². The van der Waals surface area contributed by atoms with E-state index < -0.39 is 5.76 Å². The lowest BCUT2D eigenvalue weighted by Gasteiger charge is -2.03. The predicted molar refractivity (Wildman–Crippen MR) is 81.3 cm³/mol. The molecule has 0 saturated heterocycles. The van der Waals surface area contributed by atoms with Crippen molar-refractivity contribution < 1.29 is 9.21 Å². The number of carbonyl (C=O) groups excluding carboxylic acids is 1. The summed E-state index contributed by atoms with van der Waals surface area (Å²) in [7, 11) is 0. The second-order valence-electron chi connectivity index (χ2n) is 4.61. The molecule has 0 bridgehead atoms. The third-order valence-corrected chi connectivity index (χ3v) is 2.98. The number of anilines is 1. The van der Waals surface area contributed by atoms with Gasteiger partial charge in [-0.2, -0.15) is 4.68 Å². The Bertz CT molecular complexity index is 823. The van der Waals surface area contributed by atoms with Gasteiger partial charge in [-0.3, -0.25) is 4.79 Å². The molecule has 110 valence electrons. The maximum absolute atomic E-state index is 11.9. The molecular weight excluding hydrogens is 282 g/mol. The van der Waals surface area contributed by atoms with Crippen molar-refractivity contribution in [2.24, 2.45) is 0 Å². The lowest BCUT2D eigenvalue weighted by molar-refractivity contribution is -0.117. The number of para-hydroxylation sites is 1. The number of amides is 1. The zero-order chi connectivity index (χ0) is 15.4. The van der Waals surface area contributed by atoms with Crippen molar-refractivity contribution in [3.63, 3.8) is 0 Å². The fraction of sp³-hybridized carbons (Fsp3) is 0.0625. The van der Waals surface area contributed by atoms with Crippen LogP contribution in [0.5, 0.6) is 0 Å². The maximum Gasteiger partial charge on any atom is 0.437 e. The molecule has 0 aliphatic heterocycles. The number of hydrogen-bond donors (Lipinski definition) is 1. The molecule has 1 heterocycles. The molecule has 0 unspecified atom stereocenters. The summed E-state index contributed by atoms with van der Waals surface area (Å²) in [5.41, 5.74) is 1.34. The summed E-state index contributed by atoms with van der Waals surface area (Å²) in [4.78, 5) is 23.7. The quantitative estimate of drug-likeness (QED) is 0.800. The van der Waals surface area contributed by atoms with Crippen LogP contribution >= 0.6 is 0 Å². The Balaban J connectivity index is 1.75. The highest BCUT2D eigenvalue weighted by Gasteiger charge is 2.13. The van der Waals surface area contributed by atoms with Gasteiger partial charge in [-0.15, -0.1) is 5.10 Å². The third-order valence-electron chi connectivity index (χ3n) is 2.98. The van der Waals surface area contributed by atoms with Gasteiger partial charge in [-0.25, -0.2) is 4.79 Å². The van der Waals surface area contributed by atoms with Crippen molar-refractivity contribution in [1.82, 2.24) is 9.78 Å². The number of carbonyl (C=O) groups is 1. The van der Waals surface area contributed by atoms with E-state index in [1.807, 2.05) is 36.4 Å². The van der Waals surface area contributed by atoms with Crippen molar-refractivity contribution in [3.05, 3.63) is 71.2 Å². The van der Waals surface area contributed by atoms with E-state index in [0.29, 0.717) is 11.3 Å². The molecule has 3 aromatic rings. The standard InChI is InChI=1S/C16H13N3O3/c20-14(17-13-9-5-2-6-10-13)11-19-16(21)22-15(18-19)12-7-3-1-4-8-12/h1-10H,11H2,(H,17,20). The van der Waals surface area contributed by atoms with Gasteiger partial charge in [-0.1, -0.05) is 36.4 Å². The topological polar surface area (TPSA) is 77.1 Å². The summed E-state index contributed by atoms with van der Waals surface area (Å²) < 4.78 is 6.07. The lowest BCUT2D eigenvalue weighted by Crippen LogP contribution is -2.25. The van der Waals surface area contributed by atoms with E-state index in [4.69, 9.17) is 4.42 Å². The summed E-state index contributed by atoms with van der Waals surface area (Å²) in [6, 6.07) is 18.0. The number of nitrogens with one attached hydrogen (secondary N) is 1. The SMILES string of the molecule is O=C(Cn1nc(-c2ccccc2)oc1=O)Nc1ccccc1. The summed E-state index contributed by atoms with van der Waals surface area (Å²) in [6.07, 6.45) is 0. The Labute approximate surface area is 126 Å². The molecule has 0 spiro atoms. The lowest BCUT2D eigenvalue weighted by atomic mass is 10.2. The van der Waals surface area contributed by atoms with E-state index in [1.54, 1.807) is 24.3 Å². The molecule has 2 aromatic carbocycles. The van der Waals surface area contributed by atoms with E-state index in [1.165, 1.54) is 0 Å². The van der Waals surface area contributed by atoms with E-state index in [2.05, 4.69) is 10.4 Å². The number of hydrogen-bond acceptors (Lipinski definition) is 4. The molecule has 6 nitrogen and oxygen atoms in total. The minimum atomic E-state index is -0.665. The van der Waals surface area contributed by atoms with Crippen LogP contribution in [0.25, 0.3) is 11.5 Å². The minimum Gasteiger partial charge on any atom is -0.388 e. The van der Waals surface area contributed by atoms with Gasteiger partial charge in [0.25, 0.3) is 0 Å². The first-order chi connectivity index (χ1) is 10.7. The molecule has 6 heteroatoms. The number of aromatic nitrogens is 2. The molecule has 0 aliphatic carbocycles. The van der Waals surface area contributed by atoms with Crippen LogP contribution in [0.2, 0.25) is 0 Å². The van der Waals surface area contributed by atoms with Crippen molar-refractivity contribution in [3.8, 4) is 11.5 Å². The fourth-order valence-electron chi connectivity index (χ4n) is 1.96. The summed E-state index contributed by atoms with van der Waals surface area (Å²) in [5, 5.41) is 6.72. The number of nitrogens with zero attached hydrogens (tertiary/aromatic N) is 2. The highest BCUT2D eigenvalue weighted by atomic mass is 16.4. The summed E-state index contributed by atoms with van der Waals surface area (Å²) in [6.45, 7) is -0.204. The van der Waals surface area contributed by atoms with E-state index in [0.717, 1.165) is 4.68 Å². The zero-order valence-corrected chi connectivity index (χ0v) is 11.6. The van der Waals surface area contributed by atoms with Gasteiger partial charge < -0.3 is 9.73 Å². The average molecular weight is 295 g/mol. The van der Waals surface area contributed by atoms with Crippen LogP contribution in [0.4, 0.5) is 5.69 Å². The van der Waals surface area contributed by atoms with Crippen LogP contribution in [0.1, 0.15) is 0 Å². The Kier molecular flexibility index (Phi) is 3.82. The van der Waals surface area contributed by atoms with Gasteiger partial charge in [0.05, 0.1) is 0 Å². The van der Waals surface area contributed by atoms with Gasteiger partial charge in [0.1, 0.15) is 6.54 Å². The molecule has 0 aliphatic rings. The molecule has 0 fully saturated rings. The van der Waals surface area contributed by atoms with Crippen molar-refractivity contribution >= 4 is 11.6 Å². The average Bonchev–Trinajstić information content (AvgIpc) is 2.90. The van der Waals surface area contributed by atoms with Gasteiger partial charge in [-0.05, 0) is 24.3 Å². The zero-order valence-electron chi connectivity index (χ0n) is 11.6. The van der Waals surface area contributed by atoms with Crippen molar-refractivity contribution in [2.75, 3.05) is 5.32 Å². The molecule has 1 aromatic heterocycles. The van der Waals surface area contributed by atoms with Crippen molar-refractivity contribution in [1.29, 1.82) is 0 Å². The summed E-state index contributed by atoms with van der Waals surface area (Å²) >= 11 is 0. The molecule has 0 radical (unpaired) electrons. The van der Waals surface area contributed by atoms with E-state index >= 15 is 0 Å². The number of rotatable bonds is 4. The third kappa shape index (κ3) is 3.12. The van der Waals surface area contributed by atoms with Crippen LogP contribution in [-0.4, -0.2) is 15.7 Å². The monoisotopic (exact) mass is 295 g/mol. The highest BCUT2D eigenvalue weighted by molar-refractivity contribution is 5.90. The van der Waals surface area contributed by atoms with Gasteiger partial charge in [0.2, 0.25) is 11.8 Å². The van der Waals surface area contributed by atoms with Crippen LogP contribution in [0, 0.1) is 0 Å². The summed E-state index contributed by atoms with van der Waals surface area (Å²) in [5.74, 6) is -0.818. The smallest absolute Gasteiger partial charge is 0.388 e. The van der Waals surface area contributed by atoms with Gasteiger partial charge in [0.15, 0.2) is 0 Å². The second-order valence-corrected chi connectivity index (χ2v) is 4.61. The molecular formula is C16H13N3O3. The molecule has 1 N–H and O–H groups in total. The van der Waals surface area contributed by atoms with Crippen LogP contribution in [0.15, 0.2) is 69.9 Å². The van der Waals surface area contributed by atoms with Crippen LogP contribution < -0.4 is 11.1 Å². The first kappa shape index (κ1) is 13.8. The molecule has 0 atom stereocenters. The highest BCUT2D eigenvalue weighted by Crippen LogP contribution is 2.14. The van der Waals surface area contributed by atoms with Gasteiger partial charge >= 0.3 is 5.76 Å². The van der Waals surface area contributed by atoms with E-state index in [9.17, 15) is 9.59 Å². The molecule has 22 heavy (non-hydrogen) atoms. The number of benzene rings is 2. The second kappa shape index (κ2) is 6.09. The Hall–Kier alpha value is -3.15. The molecule has 3 rings (SSSR count). The Morgan fingerprint density at radius 2 is 1.68 bits per heavy atom. The first-order valence-electron chi connectivity index (χ1n) is 6.70. The first-order valence-corrected chi connectivity index (χ1v) is 6.70. The minimum absolute atomic E-state index is 0.193. The Morgan fingerprint density at radius 3 is 2.36 bits per heavy atom. The molecule has 1 amide bonds. The maximum atomic E-state index is 11.9. The normalized spacial score (nSPS) is 10.4. The van der Waals surface area contributed by atoms with Crippen LogP contribution in [-0.2, 0) is 11.3 Å². The predicted octanol–water partition coefficient (Wildman–Crippen LogP) is 2.14. The fourth-order valence-corrected chi connectivity index (χ4v) is 1.96. The molecule has 0 saturated carbocycles. The Morgan fingerprint density at radius 1 is 1.05 bits per heavy atom. The largest absolute Gasteiger partial charge is 0.437 e. The van der Waals surface area contributed by atoms with E-state index in [-0.39, 0.29) is 18.3 Å².